The molecule has 0 saturated carbocycles. The van der Waals surface area contributed by atoms with E-state index in [0.717, 1.165) is 17.5 Å². The number of benzene rings is 1. The maximum Gasteiger partial charge on any atom is 0.323 e. The van der Waals surface area contributed by atoms with Crippen LogP contribution in [-0.2, 0) is 17.8 Å². The molecule has 0 atom stereocenters. The van der Waals surface area contributed by atoms with Gasteiger partial charge in [0.05, 0.1) is 11.4 Å². The molecule has 31 heavy (non-hydrogen) atoms. The fourth-order valence-electron chi connectivity index (χ4n) is 3.42. The zero-order valence-electron chi connectivity index (χ0n) is 17.1. The highest BCUT2D eigenvalue weighted by atomic mass is 19.1. The first-order valence-corrected chi connectivity index (χ1v) is 9.89. The molecule has 3 heterocycles. The summed E-state index contributed by atoms with van der Waals surface area (Å²) in [6.07, 6.45) is 4.41. The van der Waals surface area contributed by atoms with Crippen LogP contribution < -0.4 is 11.1 Å². The van der Waals surface area contributed by atoms with Gasteiger partial charge in [-0.25, -0.2) is 24.1 Å². The number of carbonyl (C=O) groups is 1. The van der Waals surface area contributed by atoms with E-state index in [-0.39, 0.29) is 17.7 Å². The minimum Gasteiger partial charge on any atom is -0.396 e. The van der Waals surface area contributed by atoms with Gasteiger partial charge in [-0.05, 0) is 54.3 Å². The Morgan fingerprint density at radius 2 is 1.90 bits per heavy atom. The van der Waals surface area contributed by atoms with Crippen molar-refractivity contribution >= 4 is 17.5 Å². The molecule has 0 spiro atoms. The number of aromatic nitrogens is 3. The van der Waals surface area contributed by atoms with Crippen LogP contribution in [0.3, 0.4) is 0 Å². The van der Waals surface area contributed by atoms with E-state index < -0.39 is 0 Å². The Morgan fingerprint density at radius 3 is 2.58 bits per heavy atom. The van der Waals surface area contributed by atoms with Crippen LogP contribution in [0.25, 0.3) is 11.3 Å². The lowest BCUT2D eigenvalue weighted by Gasteiger charge is -2.39. The topological polar surface area (TPSA) is 106 Å². The number of hydrogen-bond acceptors (Lipinski definition) is 6. The van der Waals surface area contributed by atoms with Crippen LogP contribution in [0, 0.1) is 11.7 Å². The highest BCUT2D eigenvalue weighted by Gasteiger charge is 2.31. The first kappa shape index (κ1) is 20.7. The molecule has 3 N–H and O–H groups in total. The molecule has 0 unspecified atom stereocenters. The zero-order chi connectivity index (χ0) is 21.8. The summed E-state index contributed by atoms with van der Waals surface area (Å²) in [6, 6.07) is 9.14. The Labute approximate surface area is 179 Å². The fraction of sp³-hybridized carbons (Fsp3) is 0.273. The quantitative estimate of drug-likeness (QED) is 0.632. The maximum absolute atomic E-state index is 13.2. The Balaban J connectivity index is 1.33. The van der Waals surface area contributed by atoms with Crippen molar-refractivity contribution in [2.45, 2.75) is 13.0 Å². The number of carbonyl (C=O) groups excluding carboxylic acids is 1. The number of rotatable bonds is 6. The summed E-state index contributed by atoms with van der Waals surface area (Å²) in [5, 5.41) is 2.78. The molecular weight excluding hydrogens is 399 g/mol. The number of pyridine rings is 1. The van der Waals surface area contributed by atoms with Crippen molar-refractivity contribution < 1.29 is 13.9 Å². The molecule has 160 valence electrons. The van der Waals surface area contributed by atoms with E-state index in [9.17, 15) is 9.18 Å². The molecular formula is C22H23FN6O2. The molecule has 2 amide bonds. The third-order valence-electron chi connectivity index (χ3n) is 5.09. The first-order valence-electron chi connectivity index (χ1n) is 9.89. The Bertz CT molecular complexity index is 1050. The van der Waals surface area contributed by atoms with Crippen molar-refractivity contribution in [1.29, 1.82) is 0 Å². The molecule has 1 aliphatic rings. The number of methoxy groups -OCH3 is 1. The van der Waals surface area contributed by atoms with Crippen LogP contribution in [0.1, 0.15) is 11.4 Å². The second-order valence-corrected chi connectivity index (χ2v) is 7.49. The van der Waals surface area contributed by atoms with Gasteiger partial charge in [-0.1, -0.05) is 0 Å². The number of nitrogen functional groups attached to an aromatic ring is 1. The summed E-state index contributed by atoms with van der Waals surface area (Å²) in [7, 11) is 1.60. The zero-order valence-corrected chi connectivity index (χ0v) is 17.1. The molecule has 0 radical (unpaired) electrons. The fourth-order valence-corrected chi connectivity index (χ4v) is 3.42. The average molecular weight is 422 g/mol. The van der Waals surface area contributed by atoms with Gasteiger partial charge in [0, 0.05) is 38.2 Å². The molecule has 1 fully saturated rings. The predicted octanol–water partition coefficient (Wildman–Crippen LogP) is 3.11. The summed E-state index contributed by atoms with van der Waals surface area (Å²) in [6.45, 7) is 1.64. The van der Waals surface area contributed by atoms with Gasteiger partial charge in [0.1, 0.15) is 12.4 Å². The number of urea groups is 1. The largest absolute Gasteiger partial charge is 0.396 e. The number of anilines is 2. The minimum atomic E-state index is -0.322. The van der Waals surface area contributed by atoms with Crippen LogP contribution in [0.2, 0.25) is 0 Å². The number of likely N-dealkylation sites (tertiary alicyclic amines) is 1. The third kappa shape index (κ3) is 4.95. The normalized spacial score (nSPS) is 13.7. The van der Waals surface area contributed by atoms with Crippen LogP contribution in [0.15, 0.2) is 48.8 Å². The molecule has 1 aliphatic heterocycles. The van der Waals surface area contributed by atoms with Crippen molar-refractivity contribution in [3.8, 4) is 11.3 Å². The smallest absolute Gasteiger partial charge is 0.323 e. The van der Waals surface area contributed by atoms with Gasteiger partial charge in [-0.2, -0.15) is 0 Å². The third-order valence-corrected chi connectivity index (χ3v) is 5.09. The first-order chi connectivity index (χ1) is 15.0. The molecule has 4 rings (SSSR count). The number of nitrogens with zero attached hydrogens (tertiary/aromatic N) is 4. The van der Waals surface area contributed by atoms with Gasteiger partial charge in [0.25, 0.3) is 0 Å². The summed E-state index contributed by atoms with van der Waals surface area (Å²) < 4.78 is 18.2. The van der Waals surface area contributed by atoms with Crippen molar-refractivity contribution in [3.63, 3.8) is 0 Å². The van der Waals surface area contributed by atoms with E-state index in [0.29, 0.717) is 42.8 Å². The van der Waals surface area contributed by atoms with Gasteiger partial charge in [0.2, 0.25) is 0 Å². The van der Waals surface area contributed by atoms with Gasteiger partial charge in [-0.15, -0.1) is 0 Å². The second kappa shape index (κ2) is 9.05. The lowest BCUT2D eigenvalue weighted by atomic mass is 9.94. The van der Waals surface area contributed by atoms with Crippen LogP contribution >= 0.6 is 0 Å². The van der Waals surface area contributed by atoms with Crippen LogP contribution in [0.5, 0.6) is 0 Å². The van der Waals surface area contributed by atoms with Gasteiger partial charge in [-0.3, -0.25) is 5.32 Å². The minimum absolute atomic E-state index is 0.251. The van der Waals surface area contributed by atoms with E-state index in [1.165, 1.54) is 12.1 Å². The number of nitrogens with two attached hydrogens (primary N) is 1. The summed E-state index contributed by atoms with van der Waals surface area (Å²) in [4.78, 5) is 27.3. The van der Waals surface area contributed by atoms with Crippen LogP contribution in [-0.4, -0.2) is 46.1 Å². The van der Waals surface area contributed by atoms with E-state index >= 15 is 0 Å². The number of nitrogens with one attached hydrogen (secondary N) is 1. The van der Waals surface area contributed by atoms with Gasteiger partial charge < -0.3 is 15.4 Å². The van der Waals surface area contributed by atoms with Crippen molar-refractivity contribution in [3.05, 3.63) is 66.0 Å². The molecule has 0 aliphatic carbocycles. The Morgan fingerprint density at radius 1 is 1.19 bits per heavy atom. The molecule has 9 heteroatoms. The molecule has 8 nitrogen and oxygen atoms in total. The lowest BCUT2D eigenvalue weighted by Crippen LogP contribution is -2.52. The summed E-state index contributed by atoms with van der Waals surface area (Å²) >= 11 is 0. The van der Waals surface area contributed by atoms with E-state index in [2.05, 4.69) is 20.3 Å². The van der Waals surface area contributed by atoms with Gasteiger partial charge >= 0.3 is 6.03 Å². The Hall–Kier alpha value is -3.59. The summed E-state index contributed by atoms with van der Waals surface area (Å²) in [5.74, 6) is 0.960. The van der Waals surface area contributed by atoms with Crippen molar-refractivity contribution in [2.75, 3.05) is 31.2 Å². The number of ether oxygens (including phenoxy) is 1. The molecule has 1 aromatic carbocycles. The maximum atomic E-state index is 13.2. The van der Waals surface area contributed by atoms with Gasteiger partial charge in [0.15, 0.2) is 11.6 Å². The lowest BCUT2D eigenvalue weighted by molar-refractivity contribution is 0.131. The number of amides is 2. The molecule has 3 aromatic rings. The SMILES string of the molecule is COCc1ncc(CC2CN(C(=O)Nc3nc(-c4ccc(F)cc4)ccc3N)C2)cn1. The second-order valence-electron chi connectivity index (χ2n) is 7.49. The predicted molar refractivity (Wildman–Crippen MR) is 115 cm³/mol. The molecule has 1 saturated heterocycles. The van der Waals surface area contributed by atoms with Crippen LogP contribution in [0.4, 0.5) is 20.7 Å². The van der Waals surface area contributed by atoms with E-state index in [1.54, 1.807) is 48.7 Å². The average Bonchev–Trinajstić information content (AvgIpc) is 2.74. The van der Waals surface area contributed by atoms with E-state index in [4.69, 9.17) is 10.5 Å². The Kier molecular flexibility index (Phi) is 6.03. The molecule has 2 aromatic heterocycles. The highest BCUT2D eigenvalue weighted by Crippen LogP contribution is 2.25. The molecule has 0 bridgehead atoms. The highest BCUT2D eigenvalue weighted by molar-refractivity contribution is 5.92. The number of halogens is 1. The van der Waals surface area contributed by atoms with E-state index in [1.807, 2.05) is 0 Å². The monoisotopic (exact) mass is 422 g/mol. The summed E-state index contributed by atoms with van der Waals surface area (Å²) in [5.41, 5.74) is 8.72. The standard InChI is InChI=1S/C22H23FN6O2/c1-31-13-20-25-9-14(10-26-20)8-15-11-29(12-15)22(30)28-21-18(24)6-7-19(27-21)16-2-4-17(23)5-3-16/h2-7,9-10,15H,8,11-13,24H2,1H3,(H,27,28,30). The van der Waals surface area contributed by atoms with Crippen molar-refractivity contribution in [1.82, 2.24) is 19.9 Å². The number of hydrogen-bond donors (Lipinski definition) is 2. The van der Waals surface area contributed by atoms with Crippen molar-refractivity contribution in [2.24, 2.45) is 5.92 Å².